The fourth-order valence-electron chi connectivity index (χ4n) is 2.63. The van der Waals surface area contributed by atoms with Crippen molar-refractivity contribution < 1.29 is 9.59 Å². The molecule has 1 fully saturated rings. The summed E-state index contributed by atoms with van der Waals surface area (Å²) in [4.78, 5) is 26.9. The van der Waals surface area contributed by atoms with Gasteiger partial charge >= 0.3 is 0 Å². The standard InChI is InChI=1S/C18H18ClN3O2S/c1-25-14-5-2-12(3-6-14)18(24)21-13-4-7-16(15(19)10-13)22-9-8-20-17(23)11-22/h2-7,10H,8-9,11H2,1H3,(H,20,23)(H,21,24). The molecular weight excluding hydrogens is 358 g/mol. The smallest absolute Gasteiger partial charge is 0.255 e. The molecule has 0 saturated carbocycles. The van der Waals surface area contributed by atoms with Crippen LogP contribution in [-0.4, -0.2) is 37.7 Å². The largest absolute Gasteiger partial charge is 0.359 e. The van der Waals surface area contributed by atoms with E-state index >= 15 is 0 Å². The molecule has 0 spiro atoms. The lowest BCUT2D eigenvalue weighted by Crippen LogP contribution is -2.47. The highest BCUT2D eigenvalue weighted by molar-refractivity contribution is 7.98. The first-order chi connectivity index (χ1) is 12.1. The zero-order valence-electron chi connectivity index (χ0n) is 13.7. The number of anilines is 2. The number of nitrogens with one attached hydrogen (secondary N) is 2. The van der Waals surface area contributed by atoms with Gasteiger partial charge in [-0.15, -0.1) is 11.8 Å². The molecule has 1 saturated heterocycles. The monoisotopic (exact) mass is 375 g/mol. The summed E-state index contributed by atoms with van der Waals surface area (Å²) in [5.41, 5.74) is 2.00. The molecule has 5 nitrogen and oxygen atoms in total. The third-order valence-corrected chi connectivity index (χ3v) is 4.98. The molecule has 130 valence electrons. The summed E-state index contributed by atoms with van der Waals surface area (Å²) < 4.78 is 0. The van der Waals surface area contributed by atoms with Crippen molar-refractivity contribution in [3.63, 3.8) is 0 Å². The molecule has 1 aliphatic heterocycles. The normalized spacial score (nSPS) is 14.2. The first-order valence-corrected chi connectivity index (χ1v) is 9.43. The second-order valence-corrected chi connectivity index (χ2v) is 6.91. The topological polar surface area (TPSA) is 61.4 Å². The number of rotatable bonds is 4. The molecule has 0 bridgehead atoms. The fourth-order valence-corrected chi connectivity index (χ4v) is 3.34. The lowest BCUT2D eigenvalue weighted by Gasteiger charge is -2.29. The average Bonchev–Trinajstić information content (AvgIpc) is 2.62. The van der Waals surface area contributed by atoms with Gasteiger partial charge in [0.25, 0.3) is 5.91 Å². The number of thioether (sulfide) groups is 1. The van der Waals surface area contributed by atoms with Crippen molar-refractivity contribution >= 4 is 46.6 Å². The van der Waals surface area contributed by atoms with Crippen molar-refractivity contribution in [2.45, 2.75) is 4.90 Å². The van der Waals surface area contributed by atoms with Gasteiger partial charge in [0.1, 0.15) is 0 Å². The first-order valence-electron chi connectivity index (χ1n) is 7.83. The van der Waals surface area contributed by atoms with Crippen LogP contribution < -0.4 is 15.5 Å². The average molecular weight is 376 g/mol. The maximum absolute atomic E-state index is 12.3. The summed E-state index contributed by atoms with van der Waals surface area (Å²) in [5.74, 6) is -0.206. The Kier molecular flexibility index (Phi) is 5.50. The van der Waals surface area contributed by atoms with Gasteiger partial charge < -0.3 is 15.5 Å². The Hall–Kier alpha value is -2.18. The van der Waals surface area contributed by atoms with Gasteiger partial charge in [-0.25, -0.2) is 0 Å². The highest BCUT2D eigenvalue weighted by Gasteiger charge is 2.19. The minimum Gasteiger partial charge on any atom is -0.359 e. The summed E-state index contributed by atoms with van der Waals surface area (Å²) in [7, 11) is 0. The number of hydrogen-bond acceptors (Lipinski definition) is 4. The minimum absolute atomic E-state index is 0.0200. The third-order valence-electron chi connectivity index (χ3n) is 3.94. The summed E-state index contributed by atoms with van der Waals surface area (Å²) >= 11 is 7.98. The highest BCUT2D eigenvalue weighted by Crippen LogP contribution is 2.29. The number of piperazine rings is 1. The molecule has 2 N–H and O–H groups in total. The van der Waals surface area contributed by atoms with E-state index in [2.05, 4.69) is 10.6 Å². The SMILES string of the molecule is CSc1ccc(C(=O)Nc2ccc(N3CCNC(=O)C3)c(Cl)c2)cc1. The lowest BCUT2D eigenvalue weighted by molar-refractivity contribution is -0.120. The van der Waals surface area contributed by atoms with Crippen molar-refractivity contribution in [2.24, 2.45) is 0 Å². The van der Waals surface area contributed by atoms with Gasteiger partial charge in [0.15, 0.2) is 0 Å². The maximum atomic E-state index is 12.3. The van der Waals surface area contributed by atoms with Crippen molar-refractivity contribution in [3.8, 4) is 0 Å². The van der Waals surface area contributed by atoms with Crippen molar-refractivity contribution in [1.82, 2.24) is 5.32 Å². The molecule has 2 amide bonds. The third kappa shape index (κ3) is 4.27. The van der Waals surface area contributed by atoms with Gasteiger partial charge in [0.2, 0.25) is 5.91 Å². The fraction of sp³-hybridized carbons (Fsp3) is 0.222. The summed E-state index contributed by atoms with van der Waals surface area (Å²) in [6.07, 6.45) is 1.99. The summed E-state index contributed by atoms with van der Waals surface area (Å²) in [6.45, 7) is 1.59. The molecule has 3 rings (SSSR count). The molecule has 0 unspecified atom stereocenters. The van der Waals surface area contributed by atoms with Gasteiger partial charge in [-0.05, 0) is 48.7 Å². The first kappa shape index (κ1) is 17.6. The number of halogens is 1. The molecule has 25 heavy (non-hydrogen) atoms. The quantitative estimate of drug-likeness (QED) is 0.805. The molecule has 1 aliphatic rings. The van der Waals surface area contributed by atoms with Crippen LogP contribution in [0.5, 0.6) is 0 Å². The van der Waals surface area contributed by atoms with Crippen LogP contribution in [0.4, 0.5) is 11.4 Å². The molecule has 0 radical (unpaired) electrons. The predicted octanol–water partition coefficient (Wildman–Crippen LogP) is 3.25. The number of benzene rings is 2. The molecule has 0 atom stereocenters. The zero-order valence-corrected chi connectivity index (χ0v) is 15.3. The number of carbonyl (C=O) groups is 2. The van der Waals surface area contributed by atoms with Crippen LogP contribution >= 0.6 is 23.4 Å². The molecule has 0 aromatic heterocycles. The Morgan fingerprint density at radius 1 is 1.24 bits per heavy atom. The van der Waals surface area contributed by atoms with Gasteiger partial charge in [-0.2, -0.15) is 0 Å². The highest BCUT2D eigenvalue weighted by atomic mass is 35.5. The van der Waals surface area contributed by atoms with Crippen LogP contribution in [0.25, 0.3) is 0 Å². The van der Waals surface area contributed by atoms with Crippen LogP contribution in [0.15, 0.2) is 47.4 Å². The minimum atomic E-state index is -0.186. The lowest BCUT2D eigenvalue weighted by atomic mass is 10.2. The Bertz CT molecular complexity index is 795. The zero-order chi connectivity index (χ0) is 17.8. The molecule has 1 heterocycles. The van der Waals surface area contributed by atoms with E-state index in [0.29, 0.717) is 29.4 Å². The Balaban J connectivity index is 1.71. The van der Waals surface area contributed by atoms with Crippen molar-refractivity contribution in [3.05, 3.63) is 53.1 Å². The number of amides is 2. The number of carbonyl (C=O) groups excluding carboxylic acids is 2. The second kappa shape index (κ2) is 7.80. The second-order valence-electron chi connectivity index (χ2n) is 5.62. The van der Waals surface area contributed by atoms with Gasteiger partial charge in [-0.3, -0.25) is 9.59 Å². The van der Waals surface area contributed by atoms with E-state index in [-0.39, 0.29) is 18.4 Å². The van der Waals surface area contributed by atoms with Crippen molar-refractivity contribution in [1.29, 1.82) is 0 Å². The molecule has 7 heteroatoms. The van der Waals surface area contributed by atoms with E-state index in [9.17, 15) is 9.59 Å². The number of hydrogen-bond donors (Lipinski definition) is 2. The van der Waals surface area contributed by atoms with Crippen LogP contribution in [0.2, 0.25) is 5.02 Å². The Labute approximate surface area is 155 Å². The molecular formula is C18H18ClN3O2S. The van der Waals surface area contributed by atoms with E-state index in [0.717, 1.165) is 10.6 Å². The predicted molar refractivity (Wildman–Crippen MR) is 103 cm³/mol. The molecule has 0 aliphatic carbocycles. The van der Waals surface area contributed by atoms with E-state index < -0.39 is 0 Å². The van der Waals surface area contributed by atoms with Crippen molar-refractivity contribution in [2.75, 3.05) is 36.1 Å². The summed E-state index contributed by atoms with van der Waals surface area (Å²) in [6, 6.07) is 12.7. The van der Waals surface area contributed by atoms with Crippen LogP contribution in [0.3, 0.4) is 0 Å². The summed E-state index contributed by atoms with van der Waals surface area (Å²) in [5, 5.41) is 6.14. The van der Waals surface area contributed by atoms with Crippen LogP contribution in [0, 0.1) is 0 Å². The van der Waals surface area contributed by atoms with Gasteiger partial charge in [-0.1, -0.05) is 11.6 Å². The Morgan fingerprint density at radius 3 is 2.64 bits per heavy atom. The molecule has 2 aromatic carbocycles. The molecule has 2 aromatic rings. The maximum Gasteiger partial charge on any atom is 0.255 e. The van der Waals surface area contributed by atoms with E-state index in [4.69, 9.17) is 11.6 Å². The number of nitrogens with zero attached hydrogens (tertiary/aromatic N) is 1. The van der Waals surface area contributed by atoms with Gasteiger partial charge in [0, 0.05) is 29.2 Å². The van der Waals surface area contributed by atoms with Crippen LogP contribution in [0.1, 0.15) is 10.4 Å². The van der Waals surface area contributed by atoms with E-state index in [1.165, 1.54) is 0 Å². The van der Waals surface area contributed by atoms with Gasteiger partial charge in [0.05, 0.1) is 17.3 Å². The Morgan fingerprint density at radius 2 is 2.00 bits per heavy atom. The van der Waals surface area contributed by atoms with E-state index in [1.54, 1.807) is 36.0 Å². The van der Waals surface area contributed by atoms with E-state index in [1.807, 2.05) is 29.4 Å². The van der Waals surface area contributed by atoms with Crippen LogP contribution in [-0.2, 0) is 4.79 Å².